The second-order valence-electron chi connectivity index (χ2n) is 6.65. The molecule has 9 heteroatoms. The van der Waals surface area contributed by atoms with Crippen molar-refractivity contribution in [3.8, 4) is 11.1 Å². The number of pyridine rings is 2. The fourth-order valence-electron chi connectivity index (χ4n) is 3.44. The quantitative estimate of drug-likeness (QED) is 0.521. The summed E-state index contributed by atoms with van der Waals surface area (Å²) in [5, 5.41) is 4.76. The molecule has 0 spiro atoms. The minimum atomic E-state index is -4.49. The molecule has 0 saturated heterocycles. The molecule has 0 fully saturated rings. The number of aryl methyl sites for hydroxylation is 2. The normalized spacial score (nSPS) is 13.2. The Labute approximate surface area is 163 Å². The minimum absolute atomic E-state index is 0.504. The Kier molecular flexibility index (Phi) is 4.62. The van der Waals surface area contributed by atoms with E-state index in [0.29, 0.717) is 17.0 Å². The third-order valence-electron chi connectivity index (χ3n) is 4.78. The lowest BCUT2D eigenvalue weighted by molar-refractivity contribution is -0.141. The van der Waals surface area contributed by atoms with Crippen molar-refractivity contribution in [3.05, 3.63) is 65.1 Å². The third kappa shape index (κ3) is 3.38. The molecule has 0 aliphatic rings. The van der Waals surface area contributed by atoms with E-state index in [-0.39, 0.29) is 0 Å². The van der Waals surface area contributed by atoms with Gasteiger partial charge in [-0.05, 0) is 26.0 Å². The van der Waals surface area contributed by atoms with E-state index in [0.717, 1.165) is 33.8 Å². The molecule has 0 aliphatic heterocycles. The zero-order valence-corrected chi connectivity index (χ0v) is 15.8. The number of nitrogens with zero attached hydrogens (tertiary/aromatic N) is 3. The maximum atomic E-state index is 12.8. The van der Waals surface area contributed by atoms with Crippen LogP contribution < -0.4 is 0 Å². The van der Waals surface area contributed by atoms with Crippen LogP contribution in [0.5, 0.6) is 0 Å². The SMILES string of the molecule is COC(c1ccc(C(F)(F)F)nc1)c1c[nH]c2ncc(-c3c(C)noc3C)cc12. The molecule has 0 aromatic carbocycles. The molecule has 0 bridgehead atoms. The van der Waals surface area contributed by atoms with Gasteiger partial charge in [-0.3, -0.25) is 4.98 Å². The van der Waals surface area contributed by atoms with Crippen molar-refractivity contribution in [2.24, 2.45) is 0 Å². The average molecular weight is 402 g/mol. The van der Waals surface area contributed by atoms with Crippen LogP contribution in [-0.2, 0) is 10.9 Å². The highest BCUT2D eigenvalue weighted by molar-refractivity contribution is 5.86. The maximum absolute atomic E-state index is 12.8. The van der Waals surface area contributed by atoms with E-state index in [9.17, 15) is 13.2 Å². The first kappa shape index (κ1) is 19.1. The van der Waals surface area contributed by atoms with E-state index >= 15 is 0 Å². The molecule has 0 amide bonds. The van der Waals surface area contributed by atoms with E-state index in [1.807, 2.05) is 19.9 Å². The first-order valence-electron chi connectivity index (χ1n) is 8.75. The van der Waals surface area contributed by atoms with E-state index in [1.54, 1.807) is 12.4 Å². The number of alkyl halides is 3. The second kappa shape index (κ2) is 7.00. The zero-order valence-electron chi connectivity index (χ0n) is 15.8. The van der Waals surface area contributed by atoms with Crippen molar-refractivity contribution >= 4 is 11.0 Å². The third-order valence-corrected chi connectivity index (χ3v) is 4.78. The molecule has 1 N–H and O–H groups in total. The van der Waals surface area contributed by atoms with E-state index in [4.69, 9.17) is 9.26 Å². The van der Waals surface area contributed by atoms with Crippen LogP contribution in [0.3, 0.4) is 0 Å². The van der Waals surface area contributed by atoms with E-state index in [1.165, 1.54) is 19.4 Å². The van der Waals surface area contributed by atoms with Gasteiger partial charge in [0, 0.05) is 53.3 Å². The summed E-state index contributed by atoms with van der Waals surface area (Å²) in [5.41, 5.74) is 3.37. The van der Waals surface area contributed by atoms with Gasteiger partial charge in [0.25, 0.3) is 0 Å². The Morgan fingerprint density at radius 2 is 1.93 bits per heavy atom. The van der Waals surface area contributed by atoms with Gasteiger partial charge in [0.1, 0.15) is 23.2 Å². The van der Waals surface area contributed by atoms with Gasteiger partial charge >= 0.3 is 6.18 Å². The van der Waals surface area contributed by atoms with Gasteiger partial charge in [-0.25, -0.2) is 4.98 Å². The van der Waals surface area contributed by atoms with Crippen molar-refractivity contribution in [2.45, 2.75) is 26.1 Å². The number of hydrogen-bond acceptors (Lipinski definition) is 5. The first-order valence-corrected chi connectivity index (χ1v) is 8.75. The molecule has 29 heavy (non-hydrogen) atoms. The molecular weight excluding hydrogens is 385 g/mol. The van der Waals surface area contributed by atoms with Gasteiger partial charge in [-0.1, -0.05) is 11.2 Å². The Bertz CT molecular complexity index is 1140. The van der Waals surface area contributed by atoms with Crippen LogP contribution >= 0.6 is 0 Å². The van der Waals surface area contributed by atoms with E-state index in [2.05, 4.69) is 20.1 Å². The fraction of sp³-hybridized carbons (Fsp3) is 0.250. The number of H-pyrrole nitrogens is 1. The predicted octanol–water partition coefficient (Wildman–Crippen LogP) is 4.98. The highest BCUT2D eigenvalue weighted by Gasteiger charge is 2.32. The minimum Gasteiger partial charge on any atom is -0.372 e. The topological polar surface area (TPSA) is 76.8 Å². The van der Waals surface area contributed by atoms with Gasteiger partial charge in [0.15, 0.2) is 0 Å². The van der Waals surface area contributed by atoms with Crippen LogP contribution in [0.4, 0.5) is 13.2 Å². The van der Waals surface area contributed by atoms with Crippen LogP contribution in [0.1, 0.15) is 34.4 Å². The number of aromatic amines is 1. The number of ether oxygens (including phenoxy) is 1. The predicted molar refractivity (Wildman–Crippen MR) is 99.2 cm³/mol. The standard InChI is InChI=1S/C20H17F3N4O2/c1-10-17(11(2)29-27-10)13-6-14-15(9-26-19(14)25-8-13)18(28-3)12-4-5-16(24-7-12)20(21,22)23/h4-9,18H,1-3H3,(H,25,26). The number of halogens is 3. The molecule has 4 rings (SSSR count). The summed E-state index contributed by atoms with van der Waals surface area (Å²) in [6.07, 6.45) is -0.464. The monoisotopic (exact) mass is 402 g/mol. The highest BCUT2D eigenvalue weighted by Crippen LogP contribution is 2.35. The Balaban J connectivity index is 1.79. The summed E-state index contributed by atoms with van der Waals surface area (Å²) in [4.78, 5) is 11.1. The molecule has 150 valence electrons. The van der Waals surface area contributed by atoms with Crippen molar-refractivity contribution in [3.63, 3.8) is 0 Å². The molecule has 4 heterocycles. The van der Waals surface area contributed by atoms with Crippen LogP contribution in [0.2, 0.25) is 0 Å². The second-order valence-corrected chi connectivity index (χ2v) is 6.65. The number of nitrogens with one attached hydrogen (secondary N) is 1. The van der Waals surface area contributed by atoms with Crippen molar-refractivity contribution in [1.82, 2.24) is 20.1 Å². The summed E-state index contributed by atoms with van der Waals surface area (Å²) in [7, 11) is 1.49. The summed E-state index contributed by atoms with van der Waals surface area (Å²) in [6, 6.07) is 4.25. The van der Waals surface area contributed by atoms with Crippen LogP contribution in [-0.4, -0.2) is 27.2 Å². The molecule has 4 aromatic heterocycles. The summed E-state index contributed by atoms with van der Waals surface area (Å²) >= 11 is 0. The average Bonchev–Trinajstić information content (AvgIpc) is 3.25. The lowest BCUT2D eigenvalue weighted by Crippen LogP contribution is -2.09. The van der Waals surface area contributed by atoms with Crippen molar-refractivity contribution in [1.29, 1.82) is 0 Å². The molecule has 0 saturated carbocycles. The lowest BCUT2D eigenvalue weighted by atomic mass is 10.00. The molecule has 1 atom stereocenters. The van der Waals surface area contributed by atoms with Crippen molar-refractivity contribution < 1.29 is 22.4 Å². The number of aromatic nitrogens is 4. The van der Waals surface area contributed by atoms with Crippen molar-refractivity contribution in [2.75, 3.05) is 7.11 Å². The fourth-order valence-corrected chi connectivity index (χ4v) is 3.44. The lowest BCUT2D eigenvalue weighted by Gasteiger charge is -2.16. The van der Waals surface area contributed by atoms with Crippen LogP contribution in [0.25, 0.3) is 22.2 Å². The molecule has 0 radical (unpaired) electrons. The van der Waals surface area contributed by atoms with Gasteiger partial charge in [-0.15, -0.1) is 0 Å². The van der Waals surface area contributed by atoms with Gasteiger partial charge in [0.2, 0.25) is 0 Å². The summed E-state index contributed by atoms with van der Waals surface area (Å²) in [5.74, 6) is 0.677. The number of methoxy groups -OCH3 is 1. The van der Waals surface area contributed by atoms with Crippen LogP contribution in [0, 0.1) is 13.8 Å². The summed E-state index contributed by atoms with van der Waals surface area (Å²) < 4.78 is 49.3. The Morgan fingerprint density at radius 1 is 1.14 bits per heavy atom. The number of rotatable bonds is 4. The van der Waals surface area contributed by atoms with Gasteiger partial charge in [0.05, 0.1) is 5.69 Å². The number of fused-ring (bicyclic) bond motifs is 1. The van der Waals surface area contributed by atoms with Crippen LogP contribution in [0.15, 0.2) is 41.3 Å². The highest BCUT2D eigenvalue weighted by atomic mass is 19.4. The first-order chi connectivity index (χ1) is 13.8. The smallest absolute Gasteiger partial charge is 0.372 e. The summed E-state index contributed by atoms with van der Waals surface area (Å²) in [6.45, 7) is 3.67. The van der Waals surface area contributed by atoms with Gasteiger partial charge < -0.3 is 14.2 Å². The Hall–Kier alpha value is -3.20. The molecule has 0 aliphatic carbocycles. The largest absolute Gasteiger partial charge is 0.433 e. The zero-order chi connectivity index (χ0) is 20.8. The molecule has 4 aromatic rings. The number of hydrogen-bond donors (Lipinski definition) is 1. The molecular formula is C20H17F3N4O2. The Morgan fingerprint density at radius 3 is 2.52 bits per heavy atom. The van der Waals surface area contributed by atoms with Gasteiger partial charge in [-0.2, -0.15) is 13.2 Å². The van der Waals surface area contributed by atoms with E-state index < -0.39 is 18.0 Å². The molecule has 6 nitrogen and oxygen atoms in total. The molecule has 1 unspecified atom stereocenters. The maximum Gasteiger partial charge on any atom is 0.433 e.